The van der Waals surface area contributed by atoms with Gasteiger partial charge in [0.2, 0.25) is 0 Å². The minimum atomic E-state index is 0.502. The second kappa shape index (κ2) is 3.58. The van der Waals surface area contributed by atoms with Gasteiger partial charge in [-0.05, 0) is 39.7 Å². The van der Waals surface area contributed by atoms with Crippen LogP contribution in [0, 0.1) is 0 Å². The lowest BCUT2D eigenvalue weighted by atomic mass is 9.88. The highest BCUT2D eigenvalue weighted by Crippen LogP contribution is 2.30. The lowest BCUT2D eigenvalue weighted by molar-refractivity contribution is 0.214. The van der Waals surface area contributed by atoms with Crippen LogP contribution in [0.5, 0.6) is 0 Å². The standard InChI is InChI=1S/C11H22N2/c1-10(2)13-8-6-11(9-13)5-3-4-7-12-11/h10,12H,3-9H2,1-2H3. The van der Waals surface area contributed by atoms with Crippen LogP contribution in [-0.2, 0) is 0 Å². The number of piperidine rings is 1. The molecule has 1 atom stereocenters. The predicted octanol–water partition coefficient (Wildman–Crippen LogP) is 1.61. The first kappa shape index (κ1) is 9.47. The summed E-state index contributed by atoms with van der Waals surface area (Å²) in [6.45, 7) is 8.44. The fraction of sp³-hybridized carbons (Fsp3) is 1.00. The number of hydrogen-bond acceptors (Lipinski definition) is 2. The fourth-order valence-corrected chi connectivity index (χ4v) is 2.72. The first-order valence-corrected chi connectivity index (χ1v) is 5.71. The van der Waals surface area contributed by atoms with Crippen molar-refractivity contribution in [3.8, 4) is 0 Å². The molecule has 1 N–H and O–H groups in total. The van der Waals surface area contributed by atoms with Gasteiger partial charge in [-0.2, -0.15) is 0 Å². The maximum absolute atomic E-state index is 3.74. The predicted molar refractivity (Wildman–Crippen MR) is 55.9 cm³/mol. The summed E-state index contributed by atoms with van der Waals surface area (Å²) in [5.41, 5.74) is 0.502. The van der Waals surface area contributed by atoms with E-state index in [-0.39, 0.29) is 0 Å². The van der Waals surface area contributed by atoms with E-state index in [9.17, 15) is 0 Å². The van der Waals surface area contributed by atoms with Crippen LogP contribution in [0.4, 0.5) is 0 Å². The van der Waals surface area contributed by atoms with Gasteiger partial charge in [0.25, 0.3) is 0 Å². The first-order chi connectivity index (χ1) is 6.22. The largest absolute Gasteiger partial charge is 0.310 e. The van der Waals surface area contributed by atoms with Crippen LogP contribution in [-0.4, -0.2) is 36.1 Å². The molecule has 13 heavy (non-hydrogen) atoms. The number of hydrogen-bond donors (Lipinski definition) is 1. The van der Waals surface area contributed by atoms with Crippen molar-refractivity contribution in [1.82, 2.24) is 10.2 Å². The third kappa shape index (κ3) is 1.89. The van der Waals surface area contributed by atoms with Crippen LogP contribution in [0.1, 0.15) is 39.5 Å². The zero-order chi connectivity index (χ0) is 9.31. The van der Waals surface area contributed by atoms with E-state index in [0.717, 1.165) is 6.04 Å². The molecular formula is C11H22N2. The quantitative estimate of drug-likeness (QED) is 0.663. The molecule has 2 saturated heterocycles. The van der Waals surface area contributed by atoms with Gasteiger partial charge >= 0.3 is 0 Å². The molecule has 0 aromatic rings. The number of rotatable bonds is 1. The highest BCUT2D eigenvalue weighted by molar-refractivity contribution is 4.99. The Bertz CT molecular complexity index is 171. The summed E-state index contributed by atoms with van der Waals surface area (Å²) in [5.74, 6) is 0. The Labute approximate surface area is 81.7 Å². The molecule has 0 amide bonds. The molecule has 2 nitrogen and oxygen atoms in total. The van der Waals surface area contributed by atoms with Crippen molar-refractivity contribution >= 4 is 0 Å². The molecule has 0 aliphatic carbocycles. The van der Waals surface area contributed by atoms with E-state index in [4.69, 9.17) is 0 Å². The van der Waals surface area contributed by atoms with Gasteiger partial charge in [0.15, 0.2) is 0 Å². The van der Waals surface area contributed by atoms with Crippen LogP contribution < -0.4 is 5.32 Å². The molecular weight excluding hydrogens is 160 g/mol. The van der Waals surface area contributed by atoms with Crippen molar-refractivity contribution in [3.05, 3.63) is 0 Å². The van der Waals surface area contributed by atoms with Gasteiger partial charge < -0.3 is 5.32 Å². The van der Waals surface area contributed by atoms with Crippen molar-refractivity contribution in [2.24, 2.45) is 0 Å². The average molecular weight is 182 g/mol. The van der Waals surface area contributed by atoms with E-state index in [1.165, 1.54) is 45.3 Å². The average Bonchev–Trinajstić information content (AvgIpc) is 2.51. The Hall–Kier alpha value is -0.0800. The molecule has 0 aromatic heterocycles. The smallest absolute Gasteiger partial charge is 0.0321 e. The van der Waals surface area contributed by atoms with Crippen molar-refractivity contribution in [2.75, 3.05) is 19.6 Å². The van der Waals surface area contributed by atoms with Gasteiger partial charge in [-0.1, -0.05) is 6.42 Å². The monoisotopic (exact) mass is 182 g/mol. The van der Waals surface area contributed by atoms with Gasteiger partial charge in [0.05, 0.1) is 0 Å². The Kier molecular flexibility index (Phi) is 2.61. The second-order valence-electron chi connectivity index (χ2n) is 4.98. The Morgan fingerprint density at radius 3 is 2.62 bits per heavy atom. The summed E-state index contributed by atoms with van der Waals surface area (Å²) in [4.78, 5) is 2.61. The lowest BCUT2D eigenvalue weighted by Gasteiger charge is -2.35. The molecule has 1 unspecified atom stereocenters. The van der Waals surface area contributed by atoms with Crippen LogP contribution in [0.15, 0.2) is 0 Å². The van der Waals surface area contributed by atoms with Gasteiger partial charge in [-0.3, -0.25) is 4.90 Å². The first-order valence-electron chi connectivity index (χ1n) is 5.71. The fourth-order valence-electron chi connectivity index (χ4n) is 2.72. The summed E-state index contributed by atoms with van der Waals surface area (Å²) in [6, 6.07) is 0.725. The summed E-state index contributed by atoms with van der Waals surface area (Å²) >= 11 is 0. The van der Waals surface area contributed by atoms with Gasteiger partial charge in [-0.25, -0.2) is 0 Å². The number of likely N-dealkylation sites (tertiary alicyclic amines) is 1. The van der Waals surface area contributed by atoms with Crippen molar-refractivity contribution in [1.29, 1.82) is 0 Å². The Balaban J connectivity index is 1.94. The molecule has 2 aliphatic rings. The van der Waals surface area contributed by atoms with Gasteiger partial charge in [0.1, 0.15) is 0 Å². The normalized spacial score (nSPS) is 36.2. The summed E-state index contributed by atoms with van der Waals surface area (Å²) in [7, 11) is 0. The van der Waals surface area contributed by atoms with Gasteiger partial charge in [0, 0.05) is 24.7 Å². The Morgan fingerprint density at radius 1 is 1.23 bits per heavy atom. The van der Waals surface area contributed by atoms with Crippen LogP contribution >= 0.6 is 0 Å². The molecule has 76 valence electrons. The maximum Gasteiger partial charge on any atom is 0.0321 e. The topological polar surface area (TPSA) is 15.3 Å². The zero-order valence-electron chi connectivity index (χ0n) is 8.97. The lowest BCUT2D eigenvalue weighted by Crippen LogP contribution is -2.50. The van der Waals surface area contributed by atoms with E-state index < -0.39 is 0 Å². The van der Waals surface area contributed by atoms with E-state index in [2.05, 4.69) is 24.1 Å². The molecule has 2 rings (SSSR count). The number of nitrogens with zero attached hydrogens (tertiary/aromatic N) is 1. The van der Waals surface area contributed by atoms with Crippen LogP contribution in [0.2, 0.25) is 0 Å². The molecule has 0 saturated carbocycles. The van der Waals surface area contributed by atoms with E-state index in [1.54, 1.807) is 0 Å². The minimum absolute atomic E-state index is 0.502. The van der Waals surface area contributed by atoms with Crippen molar-refractivity contribution < 1.29 is 0 Å². The minimum Gasteiger partial charge on any atom is -0.310 e. The summed E-state index contributed by atoms with van der Waals surface area (Å²) in [5, 5.41) is 3.74. The Morgan fingerprint density at radius 2 is 2.08 bits per heavy atom. The van der Waals surface area contributed by atoms with Crippen LogP contribution in [0.3, 0.4) is 0 Å². The molecule has 0 aromatic carbocycles. The molecule has 0 radical (unpaired) electrons. The van der Waals surface area contributed by atoms with Crippen LogP contribution in [0.25, 0.3) is 0 Å². The van der Waals surface area contributed by atoms with Gasteiger partial charge in [-0.15, -0.1) is 0 Å². The van der Waals surface area contributed by atoms with E-state index in [1.807, 2.05) is 0 Å². The highest BCUT2D eigenvalue weighted by Gasteiger charge is 2.39. The molecule has 1 spiro atoms. The maximum atomic E-state index is 3.74. The molecule has 0 bridgehead atoms. The van der Waals surface area contributed by atoms with E-state index in [0.29, 0.717) is 5.54 Å². The zero-order valence-corrected chi connectivity index (χ0v) is 8.97. The SMILES string of the molecule is CC(C)N1CCC2(CCCCN2)C1. The molecule has 2 aliphatic heterocycles. The molecule has 2 heteroatoms. The van der Waals surface area contributed by atoms with E-state index >= 15 is 0 Å². The van der Waals surface area contributed by atoms with Crippen molar-refractivity contribution in [2.45, 2.75) is 51.1 Å². The third-order valence-corrected chi connectivity index (χ3v) is 3.70. The third-order valence-electron chi connectivity index (χ3n) is 3.70. The molecule has 2 heterocycles. The highest BCUT2D eigenvalue weighted by atomic mass is 15.2. The number of nitrogens with one attached hydrogen (secondary N) is 1. The second-order valence-corrected chi connectivity index (χ2v) is 4.98. The van der Waals surface area contributed by atoms with Crippen molar-refractivity contribution in [3.63, 3.8) is 0 Å². The molecule has 2 fully saturated rings. The summed E-state index contributed by atoms with van der Waals surface area (Å²) < 4.78 is 0. The summed E-state index contributed by atoms with van der Waals surface area (Å²) in [6.07, 6.45) is 5.57.